The van der Waals surface area contributed by atoms with E-state index in [2.05, 4.69) is 31.9 Å². The standard InChI is InChI=1S/C22H16Br2ClNO4/c23-18-14-9-15(19(18)24)17-16(14)20(27)26(21(17)28)12-2-1-3-13(8-12)30-22(29)10-4-6-11(25)7-5-10/h1-8,14-19H,9H2/t14-,15-,16-,17+,18+,19+/m1/s1. The van der Waals surface area contributed by atoms with Crippen molar-refractivity contribution in [1.82, 2.24) is 0 Å². The van der Waals surface area contributed by atoms with E-state index in [9.17, 15) is 14.4 Å². The number of imide groups is 1. The van der Waals surface area contributed by atoms with E-state index in [0.717, 1.165) is 6.42 Å². The van der Waals surface area contributed by atoms with Crippen LogP contribution in [0.25, 0.3) is 0 Å². The number of carbonyl (C=O) groups excluding carboxylic acids is 3. The smallest absolute Gasteiger partial charge is 0.343 e. The molecule has 2 amide bonds. The number of ether oxygens (including phenoxy) is 1. The lowest BCUT2D eigenvalue weighted by Gasteiger charge is -2.28. The third-order valence-electron chi connectivity index (χ3n) is 6.35. The van der Waals surface area contributed by atoms with Crippen LogP contribution in [0.5, 0.6) is 5.75 Å². The fourth-order valence-electron chi connectivity index (χ4n) is 5.04. The lowest BCUT2D eigenvalue weighted by molar-refractivity contribution is -0.123. The number of amides is 2. The SMILES string of the molecule is O=C(Oc1cccc(N2C(=O)[C@@H]3[C@H]4C[C@@H]([C@H](Br)[C@H]4Br)[C@@H]3C2=O)c1)c1ccc(Cl)cc1. The first-order valence-corrected chi connectivity index (χ1v) is 11.8. The van der Waals surface area contributed by atoms with Gasteiger partial charge in [0.25, 0.3) is 0 Å². The van der Waals surface area contributed by atoms with Gasteiger partial charge in [0.1, 0.15) is 5.75 Å². The van der Waals surface area contributed by atoms with Crippen LogP contribution < -0.4 is 9.64 Å². The predicted molar refractivity (Wildman–Crippen MR) is 119 cm³/mol. The molecule has 0 radical (unpaired) electrons. The zero-order valence-electron chi connectivity index (χ0n) is 15.5. The van der Waals surface area contributed by atoms with Crippen molar-refractivity contribution in [2.24, 2.45) is 23.7 Å². The Balaban J connectivity index is 1.39. The topological polar surface area (TPSA) is 63.7 Å². The molecule has 6 atom stereocenters. The van der Waals surface area contributed by atoms with Gasteiger partial charge in [-0.15, -0.1) is 0 Å². The third-order valence-corrected chi connectivity index (χ3v) is 9.81. The summed E-state index contributed by atoms with van der Waals surface area (Å²) in [6.07, 6.45) is 0.880. The Morgan fingerprint density at radius 1 is 0.967 bits per heavy atom. The molecule has 0 unspecified atom stereocenters. The molecule has 2 aromatic rings. The Morgan fingerprint density at radius 3 is 2.17 bits per heavy atom. The lowest BCUT2D eigenvalue weighted by Crippen LogP contribution is -2.37. The average molecular weight is 554 g/mol. The summed E-state index contributed by atoms with van der Waals surface area (Å²) >= 11 is 13.2. The second-order valence-corrected chi connectivity index (χ2v) is 10.5. The van der Waals surface area contributed by atoms with Gasteiger partial charge in [-0.1, -0.05) is 49.5 Å². The first kappa shape index (κ1) is 20.2. The van der Waals surface area contributed by atoms with E-state index in [-0.39, 0.29) is 50.9 Å². The van der Waals surface area contributed by atoms with Crippen LogP contribution in [0, 0.1) is 23.7 Å². The van der Waals surface area contributed by atoms with Crippen molar-refractivity contribution in [2.75, 3.05) is 4.90 Å². The van der Waals surface area contributed by atoms with Crippen molar-refractivity contribution in [2.45, 2.75) is 16.1 Å². The van der Waals surface area contributed by atoms with Crippen molar-refractivity contribution in [3.8, 4) is 5.75 Å². The molecule has 0 aromatic heterocycles. The first-order valence-electron chi connectivity index (χ1n) is 9.60. The van der Waals surface area contributed by atoms with Gasteiger partial charge in [-0.05, 0) is 54.7 Å². The van der Waals surface area contributed by atoms with Crippen molar-refractivity contribution in [1.29, 1.82) is 0 Å². The Labute approximate surface area is 195 Å². The van der Waals surface area contributed by atoms with Gasteiger partial charge in [0.2, 0.25) is 11.8 Å². The van der Waals surface area contributed by atoms with Crippen LogP contribution in [0.15, 0.2) is 48.5 Å². The average Bonchev–Trinajstić information content (AvgIpc) is 3.33. The predicted octanol–water partition coefficient (Wildman–Crippen LogP) is 4.84. The summed E-state index contributed by atoms with van der Waals surface area (Å²) in [4.78, 5) is 40.4. The monoisotopic (exact) mass is 551 g/mol. The number of hydrogen-bond donors (Lipinski definition) is 0. The van der Waals surface area contributed by atoms with E-state index in [0.29, 0.717) is 16.3 Å². The van der Waals surface area contributed by atoms with E-state index in [1.54, 1.807) is 48.5 Å². The number of anilines is 1. The van der Waals surface area contributed by atoms with Crippen LogP contribution in [0.1, 0.15) is 16.8 Å². The Morgan fingerprint density at radius 2 is 1.57 bits per heavy atom. The summed E-state index contributed by atoms with van der Waals surface area (Å²) in [5.41, 5.74) is 0.786. The number of halogens is 3. The highest BCUT2D eigenvalue weighted by Crippen LogP contribution is 2.60. The zero-order valence-corrected chi connectivity index (χ0v) is 19.4. The highest BCUT2D eigenvalue weighted by molar-refractivity contribution is 9.12. The molecule has 2 bridgehead atoms. The second-order valence-electron chi connectivity index (χ2n) is 7.91. The highest BCUT2D eigenvalue weighted by atomic mass is 79.9. The number of fused-ring (bicyclic) bond motifs is 5. The minimum Gasteiger partial charge on any atom is -0.423 e. The normalized spacial score (nSPS) is 31.9. The Hall–Kier alpha value is -1.70. The van der Waals surface area contributed by atoms with Gasteiger partial charge in [-0.3, -0.25) is 9.59 Å². The second kappa shape index (κ2) is 7.46. The van der Waals surface area contributed by atoms with Crippen LogP contribution in [-0.2, 0) is 9.59 Å². The first-order chi connectivity index (χ1) is 14.4. The fourth-order valence-corrected chi connectivity index (χ4v) is 7.04. The third kappa shape index (κ3) is 3.05. The molecule has 1 heterocycles. The van der Waals surface area contributed by atoms with E-state index >= 15 is 0 Å². The molecule has 2 aliphatic carbocycles. The van der Waals surface area contributed by atoms with Gasteiger partial charge in [0.15, 0.2) is 0 Å². The zero-order chi connectivity index (χ0) is 21.2. The Bertz CT molecular complexity index is 1030. The number of rotatable bonds is 3. The van der Waals surface area contributed by atoms with Gasteiger partial charge in [-0.2, -0.15) is 0 Å². The fraction of sp³-hybridized carbons (Fsp3) is 0.318. The summed E-state index contributed by atoms with van der Waals surface area (Å²) in [6, 6.07) is 12.9. The van der Waals surface area contributed by atoms with E-state index in [4.69, 9.17) is 16.3 Å². The molecule has 3 fully saturated rings. The van der Waals surface area contributed by atoms with E-state index in [1.165, 1.54) is 4.90 Å². The van der Waals surface area contributed by atoms with Crippen molar-refractivity contribution >= 4 is 66.9 Å². The van der Waals surface area contributed by atoms with Crippen molar-refractivity contribution < 1.29 is 19.1 Å². The van der Waals surface area contributed by atoms with Gasteiger partial charge in [-0.25, -0.2) is 9.69 Å². The van der Waals surface area contributed by atoms with Crippen LogP contribution in [0.3, 0.4) is 0 Å². The van der Waals surface area contributed by atoms with Crippen LogP contribution in [-0.4, -0.2) is 27.4 Å². The van der Waals surface area contributed by atoms with Gasteiger partial charge in [0.05, 0.1) is 23.1 Å². The molecule has 2 saturated carbocycles. The number of esters is 1. The molecule has 1 saturated heterocycles. The van der Waals surface area contributed by atoms with E-state index < -0.39 is 5.97 Å². The summed E-state index contributed by atoms with van der Waals surface area (Å²) in [6.45, 7) is 0. The van der Waals surface area contributed by atoms with Crippen LogP contribution in [0.2, 0.25) is 5.02 Å². The maximum Gasteiger partial charge on any atom is 0.343 e. The molecular weight excluding hydrogens is 538 g/mol. The summed E-state index contributed by atoms with van der Waals surface area (Å²) in [5, 5.41) is 0.524. The Kier molecular flexibility index (Phi) is 5.03. The van der Waals surface area contributed by atoms with Crippen molar-refractivity contribution in [3.63, 3.8) is 0 Å². The summed E-state index contributed by atoms with van der Waals surface area (Å²) < 4.78 is 5.45. The molecular formula is C22H16Br2ClNO4. The van der Waals surface area contributed by atoms with Crippen molar-refractivity contribution in [3.05, 3.63) is 59.1 Å². The number of carbonyl (C=O) groups is 3. The number of hydrogen-bond acceptors (Lipinski definition) is 4. The highest BCUT2D eigenvalue weighted by Gasteiger charge is 2.66. The molecule has 3 aliphatic rings. The minimum absolute atomic E-state index is 0.150. The molecule has 5 nitrogen and oxygen atoms in total. The summed E-state index contributed by atoms with van der Waals surface area (Å²) in [5.74, 6) is -0.882. The van der Waals surface area contributed by atoms with Gasteiger partial charge >= 0.3 is 5.97 Å². The molecule has 2 aromatic carbocycles. The van der Waals surface area contributed by atoms with Crippen LogP contribution in [0.4, 0.5) is 5.69 Å². The number of nitrogens with zero attached hydrogens (tertiary/aromatic N) is 1. The largest absolute Gasteiger partial charge is 0.423 e. The molecule has 0 N–H and O–H groups in total. The molecule has 1 aliphatic heterocycles. The van der Waals surface area contributed by atoms with Crippen LogP contribution >= 0.6 is 43.5 Å². The molecule has 5 rings (SSSR count). The molecule has 154 valence electrons. The maximum atomic E-state index is 13.2. The number of benzene rings is 2. The minimum atomic E-state index is -0.540. The van der Waals surface area contributed by atoms with Gasteiger partial charge in [0, 0.05) is 20.7 Å². The quantitative estimate of drug-likeness (QED) is 0.236. The van der Waals surface area contributed by atoms with Gasteiger partial charge < -0.3 is 4.74 Å². The number of alkyl halides is 2. The molecule has 8 heteroatoms. The van der Waals surface area contributed by atoms with E-state index in [1.807, 2.05) is 0 Å². The molecule has 0 spiro atoms. The lowest BCUT2D eigenvalue weighted by atomic mass is 9.81. The summed E-state index contributed by atoms with van der Waals surface area (Å²) in [7, 11) is 0. The maximum absolute atomic E-state index is 13.2. The molecule has 30 heavy (non-hydrogen) atoms.